The highest BCUT2D eigenvalue weighted by atomic mass is 16.4. The molecule has 0 saturated carbocycles. The first kappa shape index (κ1) is 11.5. The summed E-state index contributed by atoms with van der Waals surface area (Å²) in [6.45, 7) is 5.67. The van der Waals surface area contributed by atoms with E-state index in [4.69, 9.17) is 5.11 Å². The normalized spacial score (nSPS) is 10.7. The number of carboxylic acid groups (broad SMARTS) is 1. The van der Waals surface area contributed by atoms with Crippen LogP contribution in [0, 0.1) is 0 Å². The molecule has 0 fully saturated rings. The lowest BCUT2D eigenvalue weighted by Crippen LogP contribution is -2.29. The van der Waals surface area contributed by atoms with E-state index < -0.39 is 11.5 Å². The summed E-state index contributed by atoms with van der Waals surface area (Å²) in [5.41, 5.74) is 0.276. The van der Waals surface area contributed by atoms with Gasteiger partial charge in [-0.2, -0.15) is 0 Å². The number of aromatic carboxylic acids is 1. The van der Waals surface area contributed by atoms with Gasteiger partial charge in [0, 0.05) is 11.7 Å². The average Bonchev–Trinajstić information content (AvgIpc) is 2.15. The highest BCUT2D eigenvalue weighted by molar-refractivity contribution is 5.87. The maximum Gasteiger partial charge on any atom is 0.341 e. The number of hydrogen-bond acceptors (Lipinski definition) is 2. The third-order valence-electron chi connectivity index (χ3n) is 2.31. The minimum atomic E-state index is -1.17. The van der Waals surface area contributed by atoms with E-state index in [0.29, 0.717) is 6.42 Å². The molecule has 1 aromatic rings. The highest BCUT2D eigenvalue weighted by Crippen LogP contribution is 2.08. The summed E-state index contributed by atoms with van der Waals surface area (Å²) < 4.78 is 1.53. The van der Waals surface area contributed by atoms with Crippen LogP contribution in [0.15, 0.2) is 16.9 Å². The Labute approximate surface area is 88.2 Å². The van der Waals surface area contributed by atoms with Gasteiger partial charge in [0.2, 0.25) is 0 Å². The van der Waals surface area contributed by atoms with Crippen LogP contribution in [0.2, 0.25) is 0 Å². The van der Waals surface area contributed by atoms with Crippen LogP contribution >= 0.6 is 0 Å². The molecule has 0 aliphatic carbocycles. The SMILES string of the molecule is CCc1ccc(C(=O)O)c(=O)n1C(C)C. The van der Waals surface area contributed by atoms with Crippen molar-refractivity contribution in [2.75, 3.05) is 0 Å². The number of rotatable bonds is 3. The lowest BCUT2D eigenvalue weighted by molar-refractivity contribution is 0.0694. The van der Waals surface area contributed by atoms with Gasteiger partial charge >= 0.3 is 5.97 Å². The fourth-order valence-electron chi connectivity index (χ4n) is 1.61. The zero-order valence-electron chi connectivity index (χ0n) is 9.15. The summed E-state index contributed by atoms with van der Waals surface area (Å²) in [5, 5.41) is 8.82. The van der Waals surface area contributed by atoms with E-state index in [2.05, 4.69) is 0 Å². The quantitative estimate of drug-likeness (QED) is 0.824. The van der Waals surface area contributed by atoms with E-state index in [1.54, 1.807) is 6.07 Å². The second-order valence-corrected chi connectivity index (χ2v) is 3.67. The zero-order chi connectivity index (χ0) is 11.6. The highest BCUT2D eigenvalue weighted by Gasteiger charge is 2.14. The minimum Gasteiger partial charge on any atom is -0.477 e. The summed E-state index contributed by atoms with van der Waals surface area (Å²) in [6, 6.07) is 3.06. The Morgan fingerprint density at radius 2 is 2.07 bits per heavy atom. The van der Waals surface area contributed by atoms with Crippen LogP contribution in [0.5, 0.6) is 0 Å². The minimum absolute atomic E-state index is 0.0215. The Morgan fingerprint density at radius 3 is 2.47 bits per heavy atom. The molecule has 82 valence electrons. The zero-order valence-corrected chi connectivity index (χ0v) is 9.15. The van der Waals surface area contributed by atoms with Crippen LogP contribution in [0.25, 0.3) is 0 Å². The van der Waals surface area contributed by atoms with Gasteiger partial charge in [0.1, 0.15) is 5.56 Å². The van der Waals surface area contributed by atoms with E-state index in [9.17, 15) is 9.59 Å². The summed E-state index contributed by atoms with van der Waals surface area (Å²) in [6.07, 6.45) is 0.716. The molecule has 1 heterocycles. The monoisotopic (exact) mass is 209 g/mol. The van der Waals surface area contributed by atoms with Crippen molar-refractivity contribution in [3.05, 3.63) is 33.7 Å². The Balaban J connectivity index is 3.50. The van der Waals surface area contributed by atoms with Gasteiger partial charge in [-0.3, -0.25) is 4.79 Å². The molecule has 0 aliphatic heterocycles. The lowest BCUT2D eigenvalue weighted by Gasteiger charge is -2.15. The first-order valence-corrected chi connectivity index (χ1v) is 4.96. The maximum absolute atomic E-state index is 11.8. The van der Waals surface area contributed by atoms with Crippen molar-refractivity contribution in [3.63, 3.8) is 0 Å². The topological polar surface area (TPSA) is 59.3 Å². The Kier molecular flexibility index (Phi) is 3.29. The number of hydrogen-bond donors (Lipinski definition) is 1. The molecule has 1 N–H and O–H groups in total. The van der Waals surface area contributed by atoms with Crippen molar-refractivity contribution in [1.82, 2.24) is 4.57 Å². The Bertz CT molecular complexity index is 432. The van der Waals surface area contributed by atoms with E-state index in [0.717, 1.165) is 5.69 Å². The number of aryl methyl sites for hydroxylation is 1. The van der Waals surface area contributed by atoms with Crippen LogP contribution in [0.1, 0.15) is 42.9 Å². The van der Waals surface area contributed by atoms with Crippen molar-refractivity contribution >= 4 is 5.97 Å². The molecule has 4 heteroatoms. The molecule has 0 saturated heterocycles. The van der Waals surface area contributed by atoms with Crippen LogP contribution in [0.4, 0.5) is 0 Å². The molecule has 1 aromatic heterocycles. The van der Waals surface area contributed by atoms with Gasteiger partial charge in [-0.15, -0.1) is 0 Å². The van der Waals surface area contributed by atoms with Crippen molar-refractivity contribution in [2.24, 2.45) is 0 Å². The fraction of sp³-hybridized carbons (Fsp3) is 0.455. The van der Waals surface area contributed by atoms with Gasteiger partial charge in [0.25, 0.3) is 5.56 Å². The molecule has 0 atom stereocenters. The van der Waals surface area contributed by atoms with E-state index >= 15 is 0 Å². The van der Waals surface area contributed by atoms with Crippen LogP contribution in [-0.4, -0.2) is 15.6 Å². The number of pyridine rings is 1. The molecule has 0 radical (unpaired) electrons. The lowest BCUT2D eigenvalue weighted by atomic mass is 10.2. The summed E-state index contributed by atoms with van der Waals surface area (Å²) in [7, 11) is 0. The molecule has 0 spiro atoms. The molecule has 15 heavy (non-hydrogen) atoms. The number of carboxylic acids is 1. The van der Waals surface area contributed by atoms with Crippen LogP contribution < -0.4 is 5.56 Å². The van der Waals surface area contributed by atoms with Crippen molar-refractivity contribution < 1.29 is 9.90 Å². The van der Waals surface area contributed by atoms with Gasteiger partial charge in [-0.05, 0) is 32.4 Å². The summed E-state index contributed by atoms with van der Waals surface area (Å²) in [4.78, 5) is 22.6. The van der Waals surface area contributed by atoms with Gasteiger partial charge in [-0.1, -0.05) is 6.92 Å². The third kappa shape index (κ3) is 2.09. The van der Waals surface area contributed by atoms with Gasteiger partial charge < -0.3 is 9.67 Å². The molecular formula is C11H15NO3. The Morgan fingerprint density at radius 1 is 1.47 bits per heavy atom. The molecule has 4 nitrogen and oxygen atoms in total. The van der Waals surface area contributed by atoms with Crippen molar-refractivity contribution in [2.45, 2.75) is 33.2 Å². The summed E-state index contributed by atoms with van der Waals surface area (Å²) in [5.74, 6) is -1.17. The molecule has 0 unspecified atom stereocenters. The predicted octanol–water partition coefficient (Wildman–Crippen LogP) is 1.69. The number of nitrogens with zero attached hydrogens (tertiary/aromatic N) is 1. The van der Waals surface area contributed by atoms with Gasteiger partial charge in [0.05, 0.1) is 0 Å². The third-order valence-corrected chi connectivity index (χ3v) is 2.31. The number of aromatic nitrogens is 1. The predicted molar refractivity (Wildman–Crippen MR) is 57.4 cm³/mol. The fourth-order valence-corrected chi connectivity index (χ4v) is 1.61. The molecule has 1 rings (SSSR count). The number of carbonyl (C=O) groups is 1. The molecule has 0 aliphatic rings. The summed E-state index contributed by atoms with van der Waals surface area (Å²) >= 11 is 0. The molecular weight excluding hydrogens is 194 g/mol. The Hall–Kier alpha value is -1.58. The first-order valence-electron chi connectivity index (χ1n) is 4.96. The first-order chi connectivity index (χ1) is 6.99. The van der Waals surface area contributed by atoms with E-state index in [1.807, 2.05) is 20.8 Å². The van der Waals surface area contributed by atoms with Crippen molar-refractivity contribution in [3.8, 4) is 0 Å². The van der Waals surface area contributed by atoms with Crippen LogP contribution in [-0.2, 0) is 6.42 Å². The van der Waals surface area contributed by atoms with Gasteiger partial charge in [0.15, 0.2) is 0 Å². The molecule has 0 bridgehead atoms. The van der Waals surface area contributed by atoms with Crippen LogP contribution in [0.3, 0.4) is 0 Å². The smallest absolute Gasteiger partial charge is 0.341 e. The van der Waals surface area contributed by atoms with Crippen molar-refractivity contribution in [1.29, 1.82) is 0 Å². The largest absolute Gasteiger partial charge is 0.477 e. The average molecular weight is 209 g/mol. The maximum atomic E-state index is 11.8. The second-order valence-electron chi connectivity index (χ2n) is 3.67. The van der Waals surface area contributed by atoms with E-state index in [1.165, 1.54) is 10.6 Å². The van der Waals surface area contributed by atoms with E-state index in [-0.39, 0.29) is 11.6 Å². The molecule has 0 amide bonds. The molecule has 0 aromatic carbocycles. The second kappa shape index (κ2) is 4.29. The van der Waals surface area contributed by atoms with Gasteiger partial charge in [-0.25, -0.2) is 4.79 Å². The standard InChI is InChI=1S/C11H15NO3/c1-4-8-5-6-9(11(14)15)10(13)12(8)7(2)3/h5-7H,4H2,1-3H3,(H,14,15).